The zero-order valence-electron chi connectivity index (χ0n) is 29.5. The van der Waals surface area contributed by atoms with Crippen LogP contribution in [0.5, 0.6) is 0 Å². The molecule has 8 atom stereocenters. The second-order valence-electron chi connectivity index (χ2n) is 13.8. The topological polar surface area (TPSA) is 160 Å². The van der Waals surface area contributed by atoms with Gasteiger partial charge in [0.2, 0.25) is 5.91 Å². The van der Waals surface area contributed by atoms with Crippen LogP contribution in [0.1, 0.15) is 121 Å². The van der Waals surface area contributed by atoms with Gasteiger partial charge in [0, 0.05) is 16.2 Å². The molecule has 1 aliphatic heterocycles. The first-order chi connectivity index (χ1) is 23.7. The number of aryl methyl sites for hydroxylation is 1. The third kappa shape index (κ3) is 14.7. The molecule has 278 valence electrons. The molecule has 1 saturated heterocycles. The third-order valence-electron chi connectivity index (χ3n) is 9.81. The van der Waals surface area contributed by atoms with Crippen molar-refractivity contribution in [1.82, 2.24) is 5.32 Å². The number of thiophene rings is 1. The van der Waals surface area contributed by atoms with E-state index in [9.17, 15) is 35.4 Å². The summed E-state index contributed by atoms with van der Waals surface area (Å²) in [6.45, 7) is 1.71. The lowest BCUT2D eigenvalue weighted by Gasteiger charge is -2.40. The predicted molar refractivity (Wildman–Crippen MR) is 195 cm³/mol. The molecule has 2 heterocycles. The quantitative estimate of drug-likeness (QED) is 0.0652. The van der Waals surface area contributed by atoms with Crippen molar-refractivity contribution < 1.29 is 40.2 Å². The van der Waals surface area contributed by atoms with E-state index in [1.807, 2.05) is 18.2 Å². The van der Waals surface area contributed by atoms with Gasteiger partial charge in [0.25, 0.3) is 0 Å². The molecule has 1 fully saturated rings. The number of aliphatic hydroxyl groups is 6. The molecule has 49 heavy (non-hydrogen) atoms. The van der Waals surface area contributed by atoms with Crippen molar-refractivity contribution in [1.29, 1.82) is 0 Å². The van der Waals surface area contributed by atoms with E-state index in [1.54, 1.807) is 11.3 Å². The van der Waals surface area contributed by atoms with Gasteiger partial charge in [0.05, 0.1) is 31.0 Å². The molecule has 1 aromatic carbocycles. The normalized spacial score (nSPS) is 22.9. The van der Waals surface area contributed by atoms with Crippen LogP contribution in [-0.2, 0) is 16.0 Å². The second-order valence-corrected chi connectivity index (χ2v) is 15.0. The van der Waals surface area contributed by atoms with Crippen LogP contribution in [0, 0.1) is 0 Å². The minimum Gasteiger partial charge on any atom is -0.394 e. The summed E-state index contributed by atoms with van der Waals surface area (Å²) >= 11 is 1.71. The number of benzene rings is 1. The summed E-state index contributed by atoms with van der Waals surface area (Å²) < 4.78 is 5.66. The first-order valence-corrected chi connectivity index (χ1v) is 19.7. The Kier molecular flexibility index (Phi) is 20.0. The lowest BCUT2D eigenvalue weighted by Crippen LogP contribution is -2.59. The van der Waals surface area contributed by atoms with Crippen LogP contribution in [0.4, 0.5) is 0 Å². The highest BCUT2D eigenvalue weighted by atomic mass is 32.1. The Bertz CT molecular complexity index is 1150. The molecule has 2 aromatic rings. The van der Waals surface area contributed by atoms with Crippen molar-refractivity contribution >= 4 is 17.2 Å². The maximum Gasteiger partial charge on any atom is 0.220 e. The molecule has 0 bridgehead atoms. The number of ether oxygens (including phenoxy) is 1. The number of carbonyl (C=O) groups excluding carboxylic acids is 1. The molecule has 1 aromatic heterocycles. The summed E-state index contributed by atoms with van der Waals surface area (Å²) in [5.74, 6) is -0.241. The van der Waals surface area contributed by atoms with Gasteiger partial charge in [0.1, 0.15) is 24.4 Å². The van der Waals surface area contributed by atoms with E-state index in [1.165, 1.54) is 67.5 Å². The molecule has 10 heteroatoms. The van der Waals surface area contributed by atoms with Crippen molar-refractivity contribution in [3.8, 4) is 10.4 Å². The average Bonchev–Trinajstić information content (AvgIpc) is 3.59. The smallest absolute Gasteiger partial charge is 0.220 e. The Morgan fingerprint density at radius 2 is 1.39 bits per heavy atom. The predicted octanol–water partition coefficient (Wildman–Crippen LogP) is 5.66. The van der Waals surface area contributed by atoms with Gasteiger partial charge >= 0.3 is 0 Å². The highest BCUT2D eigenvalue weighted by Gasteiger charge is 2.43. The van der Waals surface area contributed by atoms with Gasteiger partial charge in [-0.1, -0.05) is 114 Å². The van der Waals surface area contributed by atoms with Crippen LogP contribution in [0.25, 0.3) is 10.4 Å². The summed E-state index contributed by atoms with van der Waals surface area (Å²) in [4.78, 5) is 15.5. The van der Waals surface area contributed by atoms with Crippen LogP contribution >= 0.6 is 11.3 Å². The molecule has 7 N–H and O–H groups in total. The van der Waals surface area contributed by atoms with E-state index < -0.39 is 55.4 Å². The van der Waals surface area contributed by atoms with E-state index in [2.05, 4.69) is 36.5 Å². The van der Waals surface area contributed by atoms with E-state index in [-0.39, 0.29) is 25.2 Å². The van der Waals surface area contributed by atoms with Gasteiger partial charge in [-0.15, -0.1) is 11.3 Å². The Morgan fingerprint density at radius 3 is 2.02 bits per heavy atom. The van der Waals surface area contributed by atoms with E-state index in [0.717, 1.165) is 31.2 Å². The summed E-state index contributed by atoms with van der Waals surface area (Å²) in [5, 5.41) is 65.5. The fourth-order valence-electron chi connectivity index (χ4n) is 6.69. The highest BCUT2D eigenvalue weighted by molar-refractivity contribution is 7.15. The van der Waals surface area contributed by atoms with Crippen molar-refractivity contribution in [2.75, 3.05) is 6.61 Å². The largest absolute Gasteiger partial charge is 0.394 e. The summed E-state index contributed by atoms with van der Waals surface area (Å²) in [6.07, 6.45) is 8.15. The lowest BCUT2D eigenvalue weighted by atomic mass is 9.90. The van der Waals surface area contributed by atoms with Crippen molar-refractivity contribution in [3.05, 3.63) is 47.3 Å². The van der Waals surface area contributed by atoms with Gasteiger partial charge in [-0.3, -0.25) is 4.79 Å². The Hall–Kier alpha value is -1.89. The van der Waals surface area contributed by atoms with Gasteiger partial charge in [0.15, 0.2) is 0 Å². The van der Waals surface area contributed by atoms with E-state index in [4.69, 9.17) is 4.74 Å². The SMILES string of the molecule is CCCCCCCCCCCCCC[C@@H](O)[C@@H](O)[C@H](CC[C@H]1O[C@H](CO)[C@H](O)[C@H](O)[C@H]1O)NC(=O)CCCc1ccc(-c2ccccc2)s1. The van der Waals surface area contributed by atoms with Crippen LogP contribution < -0.4 is 5.32 Å². The third-order valence-corrected chi connectivity index (χ3v) is 11.0. The van der Waals surface area contributed by atoms with Gasteiger partial charge < -0.3 is 40.7 Å². The maximum atomic E-state index is 13.1. The minimum atomic E-state index is -1.50. The molecule has 1 amide bonds. The van der Waals surface area contributed by atoms with Gasteiger partial charge in [-0.05, 0) is 49.8 Å². The monoisotopic (exact) mass is 705 g/mol. The summed E-state index contributed by atoms with van der Waals surface area (Å²) in [5.41, 5.74) is 1.16. The van der Waals surface area contributed by atoms with Crippen molar-refractivity contribution in [3.63, 3.8) is 0 Å². The van der Waals surface area contributed by atoms with Crippen LogP contribution in [0.15, 0.2) is 42.5 Å². The number of hydrogen-bond acceptors (Lipinski definition) is 9. The first kappa shape index (κ1) is 41.5. The molecule has 9 nitrogen and oxygen atoms in total. The molecule has 0 spiro atoms. The number of rotatable bonds is 25. The van der Waals surface area contributed by atoms with Crippen LogP contribution in [0.2, 0.25) is 0 Å². The molecule has 0 saturated carbocycles. The van der Waals surface area contributed by atoms with Gasteiger partial charge in [-0.25, -0.2) is 0 Å². The first-order valence-electron chi connectivity index (χ1n) is 18.8. The average molecular weight is 706 g/mol. The Labute approximate surface area is 297 Å². The number of hydrogen-bond donors (Lipinski definition) is 7. The minimum absolute atomic E-state index is 0.131. The Balaban J connectivity index is 1.46. The standard InChI is InChI=1S/C39H63NO8S/c1-2-3-4-5-6-7-8-9-10-11-12-16-21-31(42)36(44)30(24-25-32-37(45)39(47)38(46)33(27-41)48-32)40-35(43)22-17-20-29-23-26-34(49-29)28-18-14-13-15-19-28/h13-15,18-19,23,26,30-33,36-39,41-42,44-47H,2-12,16-17,20-22,24-25,27H2,1H3,(H,40,43)/t30-,31+,32+,33+,36-,37-,38-,39+/m0/s1. The fraction of sp³-hybridized carbons (Fsp3) is 0.718. The second kappa shape index (κ2) is 23.6. The highest BCUT2D eigenvalue weighted by Crippen LogP contribution is 2.29. The zero-order chi connectivity index (χ0) is 35.4. The molecular weight excluding hydrogens is 642 g/mol. The lowest BCUT2D eigenvalue weighted by molar-refractivity contribution is -0.231. The summed E-state index contributed by atoms with van der Waals surface area (Å²) in [7, 11) is 0. The number of nitrogens with one attached hydrogen (secondary N) is 1. The fourth-order valence-corrected chi connectivity index (χ4v) is 7.75. The van der Waals surface area contributed by atoms with Crippen LogP contribution in [0.3, 0.4) is 0 Å². The molecule has 0 unspecified atom stereocenters. The summed E-state index contributed by atoms with van der Waals surface area (Å²) in [6, 6.07) is 13.5. The van der Waals surface area contributed by atoms with Crippen LogP contribution in [-0.4, -0.2) is 91.9 Å². The molecule has 1 aliphatic rings. The zero-order valence-corrected chi connectivity index (χ0v) is 30.3. The van der Waals surface area contributed by atoms with Gasteiger partial charge in [-0.2, -0.15) is 0 Å². The van der Waals surface area contributed by atoms with Crippen molar-refractivity contribution in [2.24, 2.45) is 0 Å². The molecule has 0 radical (unpaired) electrons. The Morgan fingerprint density at radius 1 is 0.776 bits per heavy atom. The van der Waals surface area contributed by atoms with Crippen molar-refractivity contribution in [2.45, 2.75) is 171 Å². The number of amides is 1. The number of aliphatic hydroxyl groups excluding tert-OH is 6. The number of unbranched alkanes of at least 4 members (excludes halogenated alkanes) is 11. The number of carbonyl (C=O) groups is 1. The van der Waals surface area contributed by atoms with E-state index in [0.29, 0.717) is 12.8 Å². The molecule has 3 rings (SSSR count). The van der Waals surface area contributed by atoms with E-state index >= 15 is 0 Å². The molecule has 0 aliphatic carbocycles. The molecular formula is C39H63NO8S. The maximum absolute atomic E-state index is 13.1.